The van der Waals surface area contributed by atoms with E-state index in [-0.39, 0.29) is 6.04 Å². The molecule has 4 rings (SSSR count). The zero-order valence-corrected chi connectivity index (χ0v) is 14.4. The zero-order valence-electron chi connectivity index (χ0n) is 14.4. The summed E-state index contributed by atoms with van der Waals surface area (Å²) in [5.41, 5.74) is 1.12. The second-order valence-corrected chi connectivity index (χ2v) is 6.12. The third-order valence-corrected chi connectivity index (χ3v) is 4.23. The van der Waals surface area contributed by atoms with Gasteiger partial charge >= 0.3 is 0 Å². The van der Waals surface area contributed by atoms with Crippen LogP contribution in [0.15, 0.2) is 78.9 Å². The van der Waals surface area contributed by atoms with E-state index in [2.05, 4.69) is 11.4 Å². The Morgan fingerprint density at radius 3 is 2.04 bits per heavy atom. The van der Waals surface area contributed by atoms with Gasteiger partial charge in [-0.3, -0.25) is 0 Å². The van der Waals surface area contributed by atoms with Gasteiger partial charge in [-0.25, -0.2) is 0 Å². The molecule has 26 heavy (non-hydrogen) atoms. The molecule has 0 radical (unpaired) electrons. The van der Waals surface area contributed by atoms with Gasteiger partial charge in [-0.2, -0.15) is 0 Å². The molecular weight excluding hydrogens is 326 g/mol. The summed E-state index contributed by atoms with van der Waals surface area (Å²) in [6.45, 7) is 2.25. The molecule has 1 heterocycles. The molecule has 1 aliphatic rings. The van der Waals surface area contributed by atoms with Gasteiger partial charge < -0.3 is 19.5 Å². The van der Waals surface area contributed by atoms with E-state index in [0.29, 0.717) is 18.1 Å². The molecule has 0 aromatic heterocycles. The minimum Gasteiger partial charge on any atom is -0.453 e. The highest BCUT2D eigenvalue weighted by Gasteiger charge is 2.18. The van der Waals surface area contributed by atoms with Crippen LogP contribution in [0.5, 0.6) is 23.0 Å². The number of ether oxygens (including phenoxy) is 3. The predicted molar refractivity (Wildman–Crippen MR) is 101 cm³/mol. The smallest absolute Gasteiger partial charge is 0.170 e. The fraction of sp³-hybridized carbons (Fsp3) is 0.182. The molecule has 3 aromatic carbocycles. The lowest BCUT2D eigenvalue weighted by Gasteiger charge is -2.25. The van der Waals surface area contributed by atoms with Crippen LogP contribution in [-0.2, 0) is 4.74 Å². The van der Waals surface area contributed by atoms with E-state index < -0.39 is 0 Å². The van der Waals surface area contributed by atoms with E-state index in [1.165, 1.54) is 0 Å². The fourth-order valence-electron chi connectivity index (χ4n) is 2.92. The van der Waals surface area contributed by atoms with Crippen molar-refractivity contribution in [1.29, 1.82) is 0 Å². The standard InChI is InChI=1S/C22H21NO3/c1-3-7-18(8-4-1)25-21-12-11-17(20-16-24-14-13-23-20)15-22(21)26-19-9-5-2-6-10-19/h1-12,15,20,23H,13-14,16H2/t20-/m0/s1. The highest BCUT2D eigenvalue weighted by Crippen LogP contribution is 2.37. The van der Waals surface area contributed by atoms with E-state index in [0.717, 1.165) is 30.2 Å². The van der Waals surface area contributed by atoms with Crippen molar-refractivity contribution in [2.24, 2.45) is 0 Å². The second-order valence-electron chi connectivity index (χ2n) is 6.12. The molecule has 4 nitrogen and oxygen atoms in total. The van der Waals surface area contributed by atoms with Gasteiger partial charge in [-0.05, 0) is 42.0 Å². The van der Waals surface area contributed by atoms with Crippen LogP contribution in [0.3, 0.4) is 0 Å². The lowest BCUT2D eigenvalue weighted by atomic mass is 10.1. The Bertz CT molecular complexity index is 831. The first kappa shape index (κ1) is 16.6. The Labute approximate surface area is 153 Å². The van der Waals surface area contributed by atoms with Crippen molar-refractivity contribution in [3.05, 3.63) is 84.4 Å². The molecule has 132 valence electrons. The Morgan fingerprint density at radius 1 is 0.769 bits per heavy atom. The maximum atomic E-state index is 6.12. The first-order chi connectivity index (χ1) is 12.9. The Morgan fingerprint density at radius 2 is 1.42 bits per heavy atom. The molecule has 4 heteroatoms. The average Bonchev–Trinajstić information content (AvgIpc) is 2.71. The SMILES string of the molecule is c1ccc(Oc2ccc([C@@H]3COCCN3)cc2Oc2ccccc2)cc1. The minimum absolute atomic E-state index is 0.160. The summed E-state index contributed by atoms with van der Waals surface area (Å²) in [5, 5.41) is 3.47. The predicted octanol–water partition coefficient (Wildman–Crippen LogP) is 4.93. The van der Waals surface area contributed by atoms with Gasteiger partial charge in [-0.15, -0.1) is 0 Å². The van der Waals surface area contributed by atoms with Crippen molar-refractivity contribution in [2.45, 2.75) is 6.04 Å². The molecule has 3 aromatic rings. The van der Waals surface area contributed by atoms with E-state index in [1.807, 2.05) is 72.8 Å². The molecule has 1 atom stereocenters. The Balaban J connectivity index is 1.65. The minimum atomic E-state index is 0.160. The van der Waals surface area contributed by atoms with Crippen LogP contribution >= 0.6 is 0 Å². The van der Waals surface area contributed by atoms with Crippen LogP contribution in [0.4, 0.5) is 0 Å². The molecule has 1 fully saturated rings. The van der Waals surface area contributed by atoms with E-state index in [9.17, 15) is 0 Å². The van der Waals surface area contributed by atoms with E-state index in [4.69, 9.17) is 14.2 Å². The van der Waals surface area contributed by atoms with Crippen LogP contribution in [-0.4, -0.2) is 19.8 Å². The van der Waals surface area contributed by atoms with Gasteiger partial charge in [-0.1, -0.05) is 42.5 Å². The number of morpholine rings is 1. The maximum Gasteiger partial charge on any atom is 0.170 e. The second kappa shape index (κ2) is 8.04. The molecule has 0 bridgehead atoms. The molecule has 0 spiro atoms. The first-order valence-electron chi connectivity index (χ1n) is 8.79. The summed E-state index contributed by atoms with van der Waals surface area (Å²) in [4.78, 5) is 0. The summed E-state index contributed by atoms with van der Waals surface area (Å²) in [7, 11) is 0. The first-order valence-corrected chi connectivity index (χ1v) is 8.79. The third-order valence-electron chi connectivity index (χ3n) is 4.23. The van der Waals surface area contributed by atoms with E-state index in [1.54, 1.807) is 0 Å². The van der Waals surface area contributed by atoms with Crippen LogP contribution in [0.2, 0.25) is 0 Å². The lowest BCUT2D eigenvalue weighted by Crippen LogP contribution is -2.34. The quantitative estimate of drug-likeness (QED) is 0.710. The van der Waals surface area contributed by atoms with Crippen LogP contribution in [0, 0.1) is 0 Å². The maximum absolute atomic E-state index is 6.12. The fourth-order valence-corrected chi connectivity index (χ4v) is 2.92. The van der Waals surface area contributed by atoms with Gasteiger partial charge in [0.2, 0.25) is 0 Å². The molecule has 0 aliphatic carbocycles. The Kier molecular flexibility index (Phi) is 5.14. The molecule has 1 aliphatic heterocycles. The monoisotopic (exact) mass is 347 g/mol. The third kappa shape index (κ3) is 4.04. The summed E-state index contributed by atoms with van der Waals surface area (Å²) in [6, 6.07) is 25.6. The molecule has 1 N–H and O–H groups in total. The number of benzene rings is 3. The summed E-state index contributed by atoms with van der Waals surface area (Å²) >= 11 is 0. The molecule has 0 unspecified atom stereocenters. The zero-order chi connectivity index (χ0) is 17.6. The van der Waals surface area contributed by atoms with Crippen molar-refractivity contribution in [1.82, 2.24) is 5.32 Å². The van der Waals surface area contributed by atoms with Crippen LogP contribution in [0.25, 0.3) is 0 Å². The summed E-state index contributed by atoms with van der Waals surface area (Å²) in [5.74, 6) is 2.91. The van der Waals surface area contributed by atoms with Gasteiger partial charge in [0.25, 0.3) is 0 Å². The molecular formula is C22H21NO3. The normalized spacial score (nSPS) is 16.8. The van der Waals surface area contributed by atoms with Gasteiger partial charge in [0.1, 0.15) is 11.5 Å². The van der Waals surface area contributed by atoms with Gasteiger partial charge in [0.05, 0.1) is 19.3 Å². The largest absolute Gasteiger partial charge is 0.453 e. The Hall–Kier alpha value is -2.82. The number of nitrogens with one attached hydrogen (secondary N) is 1. The van der Waals surface area contributed by atoms with Crippen LogP contribution < -0.4 is 14.8 Å². The van der Waals surface area contributed by atoms with Crippen molar-refractivity contribution < 1.29 is 14.2 Å². The topological polar surface area (TPSA) is 39.7 Å². The van der Waals surface area contributed by atoms with Crippen molar-refractivity contribution in [3.8, 4) is 23.0 Å². The van der Waals surface area contributed by atoms with Gasteiger partial charge in [0, 0.05) is 6.54 Å². The van der Waals surface area contributed by atoms with Crippen molar-refractivity contribution >= 4 is 0 Å². The summed E-state index contributed by atoms with van der Waals surface area (Å²) in [6.07, 6.45) is 0. The molecule has 0 saturated carbocycles. The molecule has 0 amide bonds. The number of hydrogen-bond donors (Lipinski definition) is 1. The highest BCUT2D eigenvalue weighted by molar-refractivity contribution is 5.48. The van der Waals surface area contributed by atoms with Gasteiger partial charge in [0.15, 0.2) is 11.5 Å². The number of hydrogen-bond acceptors (Lipinski definition) is 4. The van der Waals surface area contributed by atoms with Crippen molar-refractivity contribution in [2.75, 3.05) is 19.8 Å². The van der Waals surface area contributed by atoms with Crippen molar-refractivity contribution in [3.63, 3.8) is 0 Å². The number of rotatable bonds is 5. The average molecular weight is 347 g/mol. The lowest BCUT2D eigenvalue weighted by molar-refractivity contribution is 0.0768. The van der Waals surface area contributed by atoms with E-state index >= 15 is 0 Å². The number of para-hydroxylation sites is 2. The summed E-state index contributed by atoms with van der Waals surface area (Å²) < 4.78 is 17.8. The highest BCUT2D eigenvalue weighted by atomic mass is 16.5. The molecule has 1 saturated heterocycles. The van der Waals surface area contributed by atoms with Crippen LogP contribution in [0.1, 0.15) is 11.6 Å².